The summed E-state index contributed by atoms with van der Waals surface area (Å²) in [6.07, 6.45) is -2.38. The third kappa shape index (κ3) is 18.8. The Bertz CT molecular complexity index is 94.0. The largest absolute Gasteiger partial charge is 0.413 e. The molecule has 2 amide bonds. The van der Waals surface area contributed by atoms with Crippen LogP contribution in [0.15, 0.2) is 0 Å². The molecule has 0 rings (SSSR count). The van der Waals surface area contributed by atoms with Gasteiger partial charge in [-0.15, -0.1) is 24.8 Å². The van der Waals surface area contributed by atoms with Gasteiger partial charge in [-0.1, -0.05) is 0 Å². The molecule has 0 aliphatic carbocycles. The van der Waals surface area contributed by atoms with E-state index in [0.717, 1.165) is 0 Å². The molecule has 0 aliphatic heterocycles. The Kier molecular flexibility index (Phi) is 12.8. The SMILES string of the molecule is Cl.Cl.NC(=O)OC(N)=O. The van der Waals surface area contributed by atoms with Crippen LogP contribution in [0.1, 0.15) is 0 Å². The van der Waals surface area contributed by atoms with Crippen molar-refractivity contribution in [3.05, 3.63) is 0 Å². The molecule has 5 nitrogen and oxygen atoms in total. The van der Waals surface area contributed by atoms with Gasteiger partial charge in [0, 0.05) is 0 Å². The Labute approximate surface area is 63.5 Å². The summed E-state index contributed by atoms with van der Waals surface area (Å²) in [5.74, 6) is 0. The number of hydrogen-bond donors (Lipinski definition) is 2. The van der Waals surface area contributed by atoms with Gasteiger partial charge in [-0.25, -0.2) is 9.59 Å². The fraction of sp³-hybridized carbons (Fsp3) is 0. The van der Waals surface area contributed by atoms with Crippen molar-refractivity contribution >= 4 is 37.0 Å². The average Bonchev–Trinajstić information content (AvgIpc) is 1.27. The molecule has 0 unspecified atom stereocenters. The lowest BCUT2D eigenvalue weighted by molar-refractivity contribution is 0.164. The smallest absolute Gasteiger partial charge is 0.360 e. The number of halogens is 2. The first kappa shape index (κ1) is 15.8. The van der Waals surface area contributed by atoms with Crippen LogP contribution >= 0.6 is 24.8 Å². The van der Waals surface area contributed by atoms with Crippen molar-refractivity contribution in [2.75, 3.05) is 0 Å². The van der Waals surface area contributed by atoms with E-state index in [4.69, 9.17) is 0 Å². The van der Waals surface area contributed by atoms with Gasteiger partial charge in [0.05, 0.1) is 0 Å². The molecule has 0 bridgehead atoms. The zero-order chi connectivity index (χ0) is 5.86. The quantitative estimate of drug-likeness (QED) is 0.509. The molecule has 0 spiro atoms. The number of carbonyl (C=O) groups is 2. The van der Waals surface area contributed by atoms with Crippen LogP contribution in [0.4, 0.5) is 9.59 Å². The summed E-state index contributed by atoms with van der Waals surface area (Å²) in [5.41, 5.74) is 8.66. The lowest BCUT2D eigenvalue weighted by atomic mass is 11.1. The highest BCUT2D eigenvalue weighted by Gasteiger charge is 1.95. The van der Waals surface area contributed by atoms with Crippen LogP contribution in [0.3, 0.4) is 0 Å². The summed E-state index contributed by atoms with van der Waals surface area (Å²) in [5, 5.41) is 0. The number of hydrogen-bond acceptors (Lipinski definition) is 3. The minimum Gasteiger partial charge on any atom is -0.360 e. The van der Waals surface area contributed by atoms with E-state index in [9.17, 15) is 9.59 Å². The van der Waals surface area contributed by atoms with Gasteiger partial charge >= 0.3 is 12.2 Å². The van der Waals surface area contributed by atoms with E-state index in [1.807, 2.05) is 0 Å². The van der Waals surface area contributed by atoms with Crippen molar-refractivity contribution in [2.24, 2.45) is 11.5 Å². The highest BCUT2D eigenvalue weighted by Crippen LogP contribution is 1.67. The zero-order valence-corrected chi connectivity index (χ0v) is 5.83. The average molecular weight is 177 g/mol. The fourth-order valence-corrected chi connectivity index (χ4v) is 0.0991. The lowest BCUT2D eigenvalue weighted by Crippen LogP contribution is -2.22. The highest BCUT2D eigenvalue weighted by atomic mass is 35.5. The Balaban J connectivity index is -0.000000180. The normalized spacial score (nSPS) is 5.78. The van der Waals surface area contributed by atoms with Crippen LogP contribution in [-0.4, -0.2) is 12.2 Å². The summed E-state index contributed by atoms with van der Waals surface area (Å²) < 4.78 is 3.53. The summed E-state index contributed by atoms with van der Waals surface area (Å²) >= 11 is 0. The van der Waals surface area contributed by atoms with Gasteiger partial charge in [0.1, 0.15) is 0 Å². The van der Waals surface area contributed by atoms with E-state index in [0.29, 0.717) is 0 Å². The predicted molar refractivity (Wildman–Crippen MR) is 34.7 cm³/mol. The lowest BCUT2D eigenvalue weighted by Gasteiger charge is -1.87. The molecule has 0 fully saturated rings. The molecule has 4 N–H and O–H groups in total. The summed E-state index contributed by atoms with van der Waals surface area (Å²) in [7, 11) is 0. The number of ether oxygens (including phenoxy) is 1. The van der Waals surface area contributed by atoms with E-state index in [1.54, 1.807) is 0 Å². The molecular weight excluding hydrogens is 171 g/mol. The Hall–Kier alpha value is -0.680. The van der Waals surface area contributed by atoms with Gasteiger partial charge in [0.15, 0.2) is 0 Å². The molecule has 0 atom stereocenters. The molecule has 0 aromatic rings. The van der Waals surface area contributed by atoms with Crippen LogP contribution in [0.2, 0.25) is 0 Å². The van der Waals surface area contributed by atoms with Crippen LogP contribution < -0.4 is 11.5 Å². The third-order valence-corrected chi connectivity index (χ3v) is 0.201. The molecule has 0 aliphatic rings. The van der Waals surface area contributed by atoms with Crippen molar-refractivity contribution < 1.29 is 14.3 Å². The van der Waals surface area contributed by atoms with Gasteiger partial charge in [-0.3, -0.25) is 0 Å². The van der Waals surface area contributed by atoms with Gasteiger partial charge in [-0.2, -0.15) is 0 Å². The van der Waals surface area contributed by atoms with E-state index in [2.05, 4.69) is 16.2 Å². The minimum absolute atomic E-state index is 0. The second-order valence-electron chi connectivity index (χ2n) is 0.740. The third-order valence-electron chi connectivity index (χ3n) is 0.201. The van der Waals surface area contributed by atoms with Crippen LogP contribution in [0.5, 0.6) is 0 Å². The van der Waals surface area contributed by atoms with E-state index < -0.39 is 12.2 Å². The van der Waals surface area contributed by atoms with Crippen molar-refractivity contribution in [1.82, 2.24) is 0 Å². The standard InChI is InChI=1S/C2H4N2O3.2ClH/c3-1(5)7-2(4)6;;/h(H2,3,5)(H2,4,6);2*1H. The van der Waals surface area contributed by atoms with Gasteiger partial charge in [0.2, 0.25) is 0 Å². The van der Waals surface area contributed by atoms with Gasteiger partial charge < -0.3 is 16.2 Å². The van der Waals surface area contributed by atoms with Gasteiger partial charge in [0.25, 0.3) is 0 Å². The molecule has 0 heterocycles. The first-order valence-corrected chi connectivity index (χ1v) is 1.39. The fourth-order valence-electron chi connectivity index (χ4n) is 0.0991. The summed E-state index contributed by atoms with van der Waals surface area (Å²) in [4.78, 5) is 19.0. The predicted octanol–water partition coefficient (Wildman–Crippen LogP) is 0.00400. The van der Waals surface area contributed by atoms with Crippen molar-refractivity contribution in [3.8, 4) is 0 Å². The van der Waals surface area contributed by atoms with Crippen LogP contribution in [0, 0.1) is 0 Å². The first-order valence-electron chi connectivity index (χ1n) is 1.39. The number of nitrogens with two attached hydrogens (primary N) is 2. The number of primary amides is 2. The molecule has 7 heteroatoms. The molecule has 56 valence electrons. The monoisotopic (exact) mass is 176 g/mol. The number of carbonyl (C=O) groups excluding carboxylic acids is 2. The Morgan fingerprint density at radius 1 is 1.00 bits per heavy atom. The maximum absolute atomic E-state index is 9.51. The second-order valence-corrected chi connectivity index (χ2v) is 0.740. The van der Waals surface area contributed by atoms with Gasteiger partial charge in [-0.05, 0) is 0 Å². The van der Waals surface area contributed by atoms with Crippen LogP contribution in [0.25, 0.3) is 0 Å². The van der Waals surface area contributed by atoms with Crippen molar-refractivity contribution in [2.45, 2.75) is 0 Å². The minimum atomic E-state index is -1.19. The first-order chi connectivity index (χ1) is 3.13. The summed E-state index contributed by atoms with van der Waals surface area (Å²) in [6.45, 7) is 0. The van der Waals surface area contributed by atoms with E-state index >= 15 is 0 Å². The number of rotatable bonds is 0. The van der Waals surface area contributed by atoms with E-state index in [-0.39, 0.29) is 24.8 Å². The second kappa shape index (κ2) is 7.32. The molecule has 0 aromatic heterocycles. The Morgan fingerprint density at radius 3 is 1.22 bits per heavy atom. The number of amides is 2. The topological polar surface area (TPSA) is 95.4 Å². The molecule has 9 heavy (non-hydrogen) atoms. The molecule has 0 saturated heterocycles. The Morgan fingerprint density at radius 2 is 1.22 bits per heavy atom. The van der Waals surface area contributed by atoms with Crippen molar-refractivity contribution in [1.29, 1.82) is 0 Å². The maximum Gasteiger partial charge on any atom is 0.413 e. The molecule has 0 aromatic carbocycles. The van der Waals surface area contributed by atoms with E-state index in [1.165, 1.54) is 0 Å². The van der Waals surface area contributed by atoms with Crippen molar-refractivity contribution in [3.63, 3.8) is 0 Å². The molecule has 0 radical (unpaired) electrons. The summed E-state index contributed by atoms with van der Waals surface area (Å²) in [6, 6.07) is 0. The molecule has 0 saturated carbocycles. The zero-order valence-electron chi connectivity index (χ0n) is 4.20. The highest BCUT2D eigenvalue weighted by molar-refractivity contribution is 5.85. The molecular formula is C2H6Cl2N2O3. The maximum atomic E-state index is 9.51. The van der Waals surface area contributed by atoms with Crippen LogP contribution in [-0.2, 0) is 4.74 Å².